The highest BCUT2D eigenvalue weighted by atomic mass is 19.3. The molecular weight excluding hydrogens is 409 g/mol. The van der Waals surface area contributed by atoms with Gasteiger partial charge in [-0.25, -0.2) is 9.98 Å². The number of rotatable bonds is 4. The van der Waals surface area contributed by atoms with Gasteiger partial charge in [0.1, 0.15) is 5.75 Å². The molecule has 1 aliphatic rings. The Balaban J connectivity index is 0.000000185. The number of nitrogens with zero attached hydrogens (tertiary/aromatic N) is 3. The van der Waals surface area contributed by atoms with Crippen LogP contribution in [0.4, 0.5) is 13.2 Å². The molecule has 3 aromatic rings. The van der Waals surface area contributed by atoms with Gasteiger partial charge >= 0.3 is 6.61 Å². The van der Waals surface area contributed by atoms with Gasteiger partial charge in [-0.15, -0.1) is 0 Å². The molecular formula is C22H19F3N4O2. The van der Waals surface area contributed by atoms with Gasteiger partial charge in [-0.1, -0.05) is 42.5 Å². The molecule has 31 heavy (non-hydrogen) atoms. The van der Waals surface area contributed by atoms with Crippen molar-refractivity contribution < 1.29 is 22.7 Å². The lowest BCUT2D eigenvalue weighted by Crippen LogP contribution is -2.34. The largest absolute Gasteiger partial charge is 0.435 e. The number of benzene rings is 2. The van der Waals surface area contributed by atoms with Gasteiger partial charge in [-0.3, -0.25) is 9.69 Å². The molecule has 6 nitrogen and oxygen atoms in total. The van der Waals surface area contributed by atoms with Crippen LogP contribution in [0.5, 0.6) is 5.75 Å². The fraction of sp³-hybridized carbons (Fsp3) is 0.136. The van der Waals surface area contributed by atoms with E-state index in [4.69, 9.17) is 5.73 Å². The van der Waals surface area contributed by atoms with Crippen LogP contribution in [0.25, 0.3) is 11.1 Å². The molecule has 0 saturated heterocycles. The maximum Gasteiger partial charge on any atom is 0.387 e. The lowest BCUT2D eigenvalue weighted by molar-refractivity contribution is -0.126. The van der Waals surface area contributed by atoms with Crippen LogP contribution in [0.1, 0.15) is 11.6 Å². The van der Waals surface area contributed by atoms with Crippen molar-refractivity contribution in [2.45, 2.75) is 12.7 Å². The van der Waals surface area contributed by atoms with E-state index >= 15 is 0 Å². The van der Waals surface area contributed by atoms with Gasteiger partial charge in [0.25, 0.3) is 5.91 Å². The number of carbonyl (C=O) groups excluding carboxylic acids is 1. The molecule has 1 aromatic heterocycles. The molecule has 0 aliphatic carbocycles. The summed E-state index contributed by atoms with van der Waals surface area (Å²) in [7, 11) is 1.52. The minimum absolute atomic E-state index is 0.0319. The number of amides is 1. The molecule has 2 heterocycles. The van der Waals surface area contributed by atoms with Crippen LogP contribution in [0.2, 0.25) is 0 Å². The first-order chi connectivity index (χ1) is 14.8. The number of alkyl halides is 2. The Morgan fingerprint density at radius 3 is 2.19 bits per heavy atom. The summed E-state index contributed by atoms with van der Waals surface area (Å²) in [5.74, 6) is -0.530. The van der Waals surface area contributed by atoms with E-state index in [1.807, 2.05) is 30.3 Å². The first-order valence-corrected chi connectivity index (χ1v) is 9.17. The summed E-state index contributed by atoms with van der Waals surface area (Å²) in [5.41, 5.74) is 8.08. The summed E-state index contributed by atoms with van der Waals surface area (Å²) in [6, 6.07) is 17.9. The number of carbonyl (C=O) groups is 1. The van der Waals surface area contributed by atoms with Gasteiger partial charge in [0, 0.05) is 18.8 Å². The molecule has 1 aliphatic heterocycles. The van der Waals surface area contributed by atoms with Crippen LogP contribution in [0.3, 0.4) is 0 Å². The Labute approximate surface area is 176 Å². The first-order valence-electron chi connectivity index (χ1n) is 9.17. The van der Waals surface area contributed by atoms with E-state index in [2.05, 4.69) is 14.7 Å². The molecule has 4 rings (SSSR count). The van der Waals surface area contributed by atoms with Crippen molar-refractivity contribution in [2.24, 2.45) is 10.7 Å². The molecule has 0 fully saturated rings. The number of ether oxygens (including phenoxy) is 1. The van der Waals surface area contributed by atoms with E-state index in [-0.39, 0.29) is 17.6 Å². The van der Waals surface area contributed by atoms with Crippen molar-refractivity contribution in [1.29, 1.82) is 0 Å². The van der Waals surface area contributed by atoms with Crippen molar-refractivity contribution in [1.82, 2.24) is 9.88 Å². The van der Waals surface area contributed by atoms with Gasteiger partial charge in [0.2, 0.25) is 5.95 Å². The third-order valence-electron chi connectivity index (χ3n) is 4.43. The number of aromatic nitrogens is 1. The molecule has 0 radical (unpaired) electrons. The van der Waals surface area contributed by atoms with E-state index in [9.17, 15) is 18.0 Å². The lowest BCUT2D eigenvalue weighted by atomic mass is 10.1. The van der Waals surface area contributed by atoms with Crippen molar-refractivity contribution in [3.8, 4) is 16.9 Å². The van der Waals surface area contributed by atoms with E-state index in [0.29, 0.717) is 5.56 Å². The van der Waals surface area contributed by atoms with Crippen LogP contribution in [0.15, 0.2) is 77.9 Å². The predicted molar refractivity (Wildman–Crippen MR) is 110 cm³/mol. The Morgan fingerprint density at radius 1 is 1.00 bits per heavy atom. The smallest absolute Gasteiger partial charge is 0.387 e. The first kappa shape index (κ1) is 21.8. The van der Waals surface area contributed by atoms with E-state index in [1.54, 1.807) is 6.07 Å². The van der Waals surface area contributed by atoms with E-state index < -0.39 is 18.6 Å². The van der Waals surface area contributed by atoms with E-state index in [1.165, 1.54) is 48.5 Å². The van der Waals surface area contributed by atoms with Gasteiger partial charge in [0.15, 0.2) is 12.0 Å². The second-order valence-corrected chi connectivity index (χ2v) is 6.47. The molecule has 1 amide bonds. The van der Waals surface area contributed by atoms with Crippen LogP contribution < -0.4 is 10.5 Å². The van der Waals surface area contributed by atoms with Crippen LogP contribution in [0, 0.1) is 5.95 Å². The zero-order chi connectivity index (χ0) is 22.4. The van der Waals surface area contributed by atoms with Crippen LogP contribution in [-0.4, -0.2) is 35.4 Å². The Kier molecular flexibility index (Phi) is 6.86. The van der Waals surface area contributed by atoms with Gasteiger partial charge < -0.3 is 10.5 Å². The standard InChI is InChI=1S/C11H11F2N3O2.C11H8FN/c1-16-9(17)8(15-11(16)14)6-2-4-7(5-3-6)18-10(12)13;12-11-7-6-10(8-13-11)9-4-2-1-3-5-9/h2-5,8,10H,1H3,(H2,14,15);1-8H. The molecule has 2 N–H and O–H groups in total. The number of hydrogen-bond acceptors (Lipinski definition) is 5. The molecule has 9 heteroatoms. The number of likely N-dealkylation sites (N-methyl/N-ethyl adjacent to an activating group) is 1. The number of aliphatic imine (C=N–C) groups is 1. The molecule has 160 valence electrons. The quantitative estimate of drug-likeness (QED) is 0.637. The Morgan fingerprint density at radius 2 is 1.68 bits per heavy atom. The summed E-state index contributed by atoms with van der Waals surface area (Å²) in [5, 5.41) is 0. The highest BCUT2D eigenvalue weighted by molar-refractivity contribution is 6.04. The second-order valence-electron chi connectivity index (χ2n) is 6.47. The number of nitrogens with two attached hydrogens (primary N) is 1. The fourth-order valence-electron chi connectivity index (χ4n) is 2.80. The molecule has 0 bridgehead atoms. The second kappa shape index (κ2) is 9.75. The van der Waals surface area contributed by atoms with Gasteiger partial charge in [0.05, 0.1) is 0 Å². The average Bonchev–Trinajstić information content (AvgIpc) is 3.03. The highest BCUT2D eigenvalue weighted by Crippen LogP contribution is 2.26. The topological polar surface area (TPSA) is 80.8 Å². The Hall–Kier alpha value is -3.88. The lowest BCUT2D eigenvalue weighted by Gasteiger charge is -2.10. The van der Waals surface area contributed by atoms with Crippen molar-refractivity contribution >= 4 is 11.9 Å². The normalized spacial score (nSPS) is 15.4. The fourth-order valence-corrected chi connectivity index (χ4v) is 2.80. The molecule has 2 aromatic carbocycles. The zero-order valence-electron chi connectivity index (χ0n) is 16.5. The molecule has 0 saturated carbocycles. The van der Waals surface area contributed by atoms with Crippen molar-refractivity contribution in [2.75, 3.05) is 7.05 Å². The third kappa shape index (κ3) is 5.59. The summed E-state index contributed by atoms with van der Waals surface area (Å²) in [4.78, 5) is 20.6. The number of hydrogen-bond donors (Lipinski definition) is 1. The minimum Gasteiger partial charge on any atom is -0.435 e. The summed E-state index contributed by atoms with van der Waals surface area (Å²) < 4.78 is 40.6. The monoisotopic (exact) mass is 428 g/mol. The Bertz CT molecular complexity index is 1040. The SMILES string of the molecule is CN1C(=O)C(c2ccc(OC(F)F)cc2)N=C1N.Fc1ccc(-c2ccccc2)cn1. The number of guanidine groups is 1. The van der Waals surface area contributed by atoms with Crippen molar-refractivity contribution in [3.05, 3.63) is 84.4 Å². The predicted octanol–water partition coefficient (Wildman–Crippen LogP) is 4.00. The van der Waals surface area contributed by atoms with Crippen LogP contribution >= 0.6 is 0 Å². The zero-order valence-corrected chi connectivity index (χ0v) is 16.5. The van der Waals surface area contributed by atoms with Gasteiger partial charge in [-0.2, -0.15) is 13.2 Å². The summed E-state index contributed by atoms with van der Waals surface area (Å²) >= 11 is 0. The third-order valence-corrected chi connectivity index (χ3v) is 4.43. The van der Waals surface area contributed by atoms with Gasteiger partial charge in [-0.05, 0) is 35.4 Å². The number of pyridine rings is 1. The maximum atomic E-state index is 12.5. The summed E-state index contributed by atoms with van der Waals surface area (Å²) in [6.07, 6.45) is 1.53. The molecule has 1 unspecified atom stereocenters. The average molecular weight is 428 g/mol. The molecule has 0 spiro atoms. The molecule has 1 atom stereocenters. The number of halogens is 3. The van der Waals surface area contributed by atoms with Crippen molar-refractivity contribution in [3.63, 3.8) is 0 Å². The summed E-state index contributed by atoms with van der Waals surface area (Å²) in [6.45, 7) is -2.87. The minimum atomic E-state index is -2.87. The van der Waals surface area contributed by atoms with E-state index in [0.717, 1.165) is 11.1 Å². The van der Waals surface area contributed by atoms with Crippen LogP contribution in [-0.2, 0) is 4.79 Å². The maximum absolute atomic E-state index is 12.5. The highest BCUT2D eigenvalue weighted by Gasteiger charge is 2.31.